The van der Waals surface area contributed by atoms with Crippen molar-refractivity contribution in [2.75, 3.05) is 5.32 Å². The van der Waals surface area contributed by atoms with E-state index in [9.17, 15) is 13.6 Å². The first kappa shape index (κ1) is 15.4. The van der Waals surface area contributed by atoms with Crippen LogP contribution in [0.3, 0.4) is 0 Å². The van der Waals surface area contributed by atoms with Gasteiger partial charge in [0.25, 0.3) is 5.91 Å². The summed E-state index contributed by atoms with van der Waals surface area (Å²) in [6.07, 6.45) is 0. The van der Waals surface area contributed by atoms with Gasteiger partial charge in [-0.2, -0.15) is 8.78 Å². The molecule has 0 radical (unpaired) electrons. The number of ether oxygens (including phenoxy) is 1. The van der Waals surface area contributed by atoms with Gasteiger partial charge in [0.05, 0.1) is 5.69 Å². The van der Waals surface area contributed by atoms with Crippen LogP contribution in [0.5, 0.6) is 5.75 Å². The van der Waals surface area contributed by atoms with Crippen molar-refractivity contribution >= 4 is 27.5 Å². The zero-order valence-corrected chi connectivity index (χ0v) is 12.7. The van der Waals surface area contributed by atoms with Crippen molar-refractivity contribution in [1.29, 1.82) is 0 Å². The highest BCUT2D eigenvalue weighted by Crippen LogP contribution is 2.24. The van der Waals surface area contributed by atoms with Gasteiger partial charge in [-0.3, -0.25) is 4.79 Å². The number of amides is 1. The summed E-state index contributed by atoms with van der Waals surface area (Å²) in [4.78, 5) is 12.1. The lowest BCUT2D eigenvalue weighted by Crippen LogP contribution is -2.12. The molecule has 0 atom stereocenters. The molecule has 0 aliphatic carbocycles. The monoisotopic (exact) mass is 355 g/mol. The summed E-state index contributed by atoms with van der Waals surface area (Å²) in [6.45, 7) is -0.939. The highest BCUT2D eigenvalue weighted by molar-refractivity contribution is 9.10. The summed E-state index contributed by atoms with van der Waals surface area (Å²) >= 11 is 3.37. The fraction of sp³-hybridized carbons (Fsp3) is 0.133. The molecule has 0 aliphatic rings. The van der Waals surface area contributed by atoms with E-state index >= 15 is 0 Å². The second-order valence-corrected chi connectivity index (χ2v) is 5.19. The van der Waals surface area contributed by atoms with Gasteiger partial charge in [0, 0.05) is 10.0 Å². The molecular formula is C15H12BrF2NO2. The summed E-state index contributed by atoms with van der Waals surface area (Å²) in [5.74, 6) is -0.318. The van der Waals surface area contributed by atoms with Crippen LogP contribution in [-0.4, -0.2) is 12.5 Å². The molecule has 0 unspecified atom stereocenters. The van der Waals surface area contributed by atoms with Crippen molar-refractivity contribution in [1.82, 2.24) is 0 Å². The molecule has 2 rings (SSSR count). The normalized spacial score (nSPS) is 10.5. The van der Waals surface area contributed by atoms with Gasteiger partial charge in [0.15, 0.2) is 0 Å². The first-order chi connectivity index (χ1) is 9.95. The minimum Gasteiger partial charge on any atom is -0.435 e. The van der Waals surface area contributed by atoms with E-state index in [1.807, 2.05) is 19.1 Å². The van der Waals surface area contributed by atoms with Crippen LogP contribution >= 0.6 is 15.9 Å². The topological polar surface area (TPSA) is 38.3 Å². The van der Waals surface area contributed by atoms with Crippen molar-refractivity contribution in [3.8, 4) is 5.75 Å². The molecule has 2 aromatic carbocycles. The average molecular weight is 356 g/mol. The fourth-order valence-corrected chi connectivity index (χ4v) is 2.30. The molecule has 0 bridgehead atoms. The maximum Gasteiger partial charge on any atom is 0.387 e. The van der Waals surface area contributed by atoms with Crippen LogP contribution in [0.25, 0.3) is 0 Å². The molecule has 0 aliphatic heterocycles. The highest BCUT2D eigenvalue weighted by Gasteiger charge is 2.10. The quantitative estimate of drug-likeness (QED) is 0.869. The lowest BCUT2D eigenvalue weighted by molar-refractivity contribution is -0.0498. The second kappa shape index (κ2) is 6.67. The summed E-state index contributed by atoms with van der Waals surface area (Å²) in [5.41, 5.74) is 2.05. The van der Waals surface area contributed by atoms with Crippen LogP contribution in [0.2, 0.25) is 0 Å². The van der Waals surface area contributed by atoms with Crippen LogP contribution < -0.4 is 10.1 Å². The summed E-state index contributed by atoms with van der Waals surface area (Å²) in [5, 5.41) is 2.74. The van der Waals surface area contributed by atoms with Crippen LogP contribution in [0.1, 0.15) is 15.9 Å². The van der Waals surface area contributed by atoms with E-state index in [4.69, 9.17) is 0 Å². The Labute approximate surface area is 129 Å². The maximum absolute atomic E-state index is 12.1. The predicted octanol–water partition coefficient (Wildman–Crippen LogP) is 4.61. The first-order valence-corrected chi connectivity index (χ1v) is 6.87. The Bertz CT molecular complexity index is 645. The van der Waals surface area contributed by atoms with Crippen molar-refractivity contribution in [3.05, 3.63) is 58.1 Å². The van der Waals surface area contributed by atoms with E-state index in [-0.39, 0.29) is 11.7 Å². The molecule has 21 heavy (non-hydrogen) atoms. The van der Waals surface area contributed by atoms with Gasteiger partial charge < -0.3 is 10.1 Å². The number of hydrogen-bond donors (Lipinski definition) is 1. The molecule has 0 aromatic heterocycles. The zero-order chi connectivity index (χ0) is 15.4. The van der Waals surface area contributed by atoms with Crippen LogP contribution in [0, 0.1) is 6.92 Å². The molecule has 0 saturated carbocycles. The Morgan fingerprint density at radius 2 is 1.86 bits per heavy atom. The van der Waals surface area contributed by atoms with E-state index in [1.165, 1.54) is 24.3 Å². The largest absolute Gasteiger partial charge is 0.435 e. The SMILES string of the molecule is Cc1ccc(NC(=O)c2ccc(OC(F)F)cc2)c(Br)c1. The Kier molecular flexibility index (Phi) is 4.90. The molecule has 3 nitrogen and oxygen atoms in total. The number of halogens is 3. The smallest absolute Gasteiger partial charge is 0.387 e. The van der Waals surface area contributed by atoms with Gasteiger partial charge in [0.2, 0.25) is 0 Å². The number of anilines is 1. The van der Waals surface area contributed by atoms with Crippen molar-refractivity contribution in [3.63, 3.8) is 0 Å². The van der Waals surface area contributed by atoms with Gasteiger partial charge in [0.1, 0.15) is 5.75 Å². The molecule has 0 spiro atoms. The molecular weight excluding hydrogens is 344 g/mol. The number of benzene rings is 2. The molecule has 110 valence electrons. The molecule has 6 heteroatoms. The van der Waals surface area contributed by atoms with Crippen molar-refractivity contribution < 1.29 is 18.3 Å². The number of nitrogens with one attached hydrogen (secondary N) is 1. The molecule has 0 heterocycles. The van der Waals surface area contributed by atoms with Crippen LogP contribution in [-0.2, 0) is 0 Å². The number of carbonyl (C=O) groups is 1. The number of carbonyl (C=O) groups excluding carboxylic acids is 1. The first-order valence-electron chi connectivity index (χ1n) is 6.08. The van der Waals surface area contributed by atoms with Crippen LogP contribution in [0.4, 0.5) is 14.5 Å². The van der Waals surface area contributed by atoms with E-state index < -0.39 is 6.61 Å². The molecule has 2 aromatic rings. The Morgan fingerprint density at radius 1 is 1.19 bits per heavy atom. The summed E-state index contributed by atoms with van der Waals surface area (Å²) < 4.78 is 29.1. The Hall–Kier alpha value is -1.95. The lowest BCUT2D eigenvalue weighted by atomic mass is 10.2. The summed E-state index contributed by atoms with van der Waals surface area (Å²) in [7, 11) is 0. The Balaban J connectivity index is 2.09. The maximum atomic E-state index is 12.1. The third-order valence-electron chi connectivity index (χ3n) is 2.71. The minimum absolute atomic E-state index is 0.0121. The van der Waals surface area contributed by atoms with Crippen molar-refractivity contribution in [2.45, 2.75) is 13.5 Å². The number of rotatable bonds is 4. The number of alkyl halides is 2. The average Bonchev–Trinajstić information content (AvgIpc) is 2.42. The second-order valence-electron chi connectivity index (χ2n) is 4.34. The highest BCUT2D eigenvalue weighted by atomic mass is 79.9. The van der Waals surface area contributed by atoms with Crippen LogP contribution in [0.15, 0.2) is 46.9 Å². The van der Waals surface area contributed by atoms with E-state index in [1.54, 1.807) is 6.07 Å². The van der Waals surface area contributed by atoms with Crippen molar-refractivity contribution in [2.24, 2.45) is 0 Å². The standard InChI is InChI=1S/C15H12BrF2NO2/c1-9-2-7-13(12(16)8-9)19-14(20)10-3-5-11(6-4-10)21-15(17)18/h2-8,15H,1H3,(H,19,20). The van der Waals surface area contributed by atoms with Gasteiger partial charge >= 0.3 is 6.61 Å². The molecule has 1 amide bonds. The van der Waals surface area contributed by atoms with Gasteiger partial charge in [-0.15, -0.1) is 0 Å². The van der Waals surface area contributed by atoms with E-state index in [0.29, 0.717) is 11.3 Å². The number of aryl methyl sites for hydroxylation is 1. The van der Waals surface area contributed by atoms with Gasteiger partial charge in [-0.05, 0) is 64.8 Å². The third kappa shape index (κ3) is 4.26. The minimum atomic E-state index is -2.88. The molecule has 0 saturated heterocycles. The van der Waals surface area contributed by atoms with E-state index in [0.717, 1.165) is 10.0 Å². The lowest BCUT2D eigenvalue weighted by Gasteiger charge is -2.09. The van der Waals surface area contributed by atoms with Gasteiger partial charge in [-0.1, -0.05) is 6.07 Å². The Morgan fingerprint density at radius 3 is 2.43 bits per heavy atom. The summed E-state index contributed by atoms with van der Waals surface area (Å²) in [6, 6.07) is 11.0. The third-order valence-corrected chi connectivity index (χ3v) is 3.37. The van der Waals surface area contributed by atoms with Gasteiger partial charge in [-0.25, -0.2) is 0 Å². The fourth-order valence-electron chi connectivity index (χ4n) is 1.70. The molecule has 0 fully saturated rings. The zero-order valence-electron chi connectivity index (χ0n) is 11.1. The number of hydrogen-bond acceptors (Lipinski definition) is 2. The molecule has 1 N–H and O–H groups in total. The predicted molar refractivity (Wildman–Crippen MR) is 79.9 cm³/mol. The van der Waals surface area contributed by atoms with E-state index in [2.05, 4.69) is 26.0 Å².